The van der Waals surface area contributed by atoms with Gasteiger partial charge in [-0.15, -0.1) is 11.8 Å². The van der Waals surface area contributed by atoms with Gasteiger partial charge in [-0.1, -0.05) is 95.5 Å². The van der Waals surface area contributed by atoms with E-state index in [1.54, 1.807) is 23.6 Å². The van der Waals surface area contributed by atoms with E-state index in [0.717, 1.165) is 22.9 Å². The molecule has 5 nitrogen and oxygen atoms in total. The number of alkyl halides is 3. The summed E-state index contributed by atoms with van der Waals surface area (Å²) in [6.07, 6.45) is 4.93. The Morgan fingerprint density at radius 2 is 1.40 bits per heavy atom. The van der Waals surface area contributed by atoms with Crippen molar-refractivity contribution in [1.29, 1.82) is 0 Å². The van der Waals surface area contributed by atoms with E-state index in [4.69, 9.17) is 39.5 Å². The van der Waals surface area contributed by atoms with Gasteiger partial charge in [-0.05, 0) is 24.3 Å². The van der Waals surface area contributed by atoms with Crippen molar-refractivity contribution in [2.45, 2.75) is 22.0 Å². The van der Waals surface area contributed by atoms with Crippen molar-refractivity contribution in [2.75, 3.05) is 13.4 Å². The summed E-state index contributed by atoms with van der Waals surface area (Å²) in [5.74, 6) is -2.67. The lowest BCUT2D eigenvalue weighted by Crippen LogP contribution is -2.41. The molecule has 0 fully saturated rings. The number of benzene rings is 2. The highest BCUT2D eigenvalue weighted by atomic mass is 35.6. The zero-order valence-electron chi connectivity index (χ0n) is 19.3. The highest BCUT2D eigenvalue weighted by molar-refractivity contribution is 7.99. The predicted octanol–water partition coefficient (Wildman–Crippen LogP) is 5.91. The Kier molecular flexibility index (Phi) is 9.11. The van der Waals surface area contributed by atoms with Gasteiger partial charge in [0.1, 0.15) is 5.25 Å². The summed E-state index contributed by atoms with van der Waals surface area (Å²) in [7, 11) is 1.25. The maximum Gasteiger partial charge on any atom is 0.319 e. The number of Topliss-reactive ketones (excluding diaryl/α,β-unsaturated/α-hetero) is 2. The van der Waals surface area contributed by atoms with Gasteiger partial charge in [-0.25, -0.2) is 0 Å². The maximum atomic E-state index is 13.4. The third-order valence-corrected chi connectivity index (χ3v) is 7.18. The van der Waals surface area contributed by atoms with Gasteiger partial charge < -0.3 is 9.64 Å². The van der Waals surface area contributed by atoms with Crippen molar-refractivity contribution >= 4 is 64.1 Å². The van der Waals surface area contributed by atoms with Gasteiger partial charge in [-0.2, -0.15) is 0 Å². The normalized spacial score (nSPS) is 16.9. The molecule has 0 aromatic heterocycles. The largest absolute Gasteiger partial charge is 0.468 e. The van der Waals surface area contributed by atoms with Crippen molar-refractivity contribution in [3.63, 3.8) is 0 Å². The smallest absolute Gasteiger partial charge is 0.319 e. The number of thioether (sulfide) groups is 1. The van der Waals surface area contributed by atoms with Crippen LogP contribution in [0.25, 0.3) is 0 Å². The summed E-state index contributed by atoms with van der Waals surface area (Å²) in [4.78, 5) is 40.7. The van der Waals surface area contributed by atoms with E-state index in [1.807, 2.05) is 60.7 Å². The number of carbonyl (C=O) groups excluding carboxylic acids is 3. The molecule has 0 radical (unpaired) electrons. The fourth-order valence-electron chi connectivity index (χ4n) is 4.13. The van der Waals surface area contributed by atoms with Crippen molar-refractivity contribution in [3.8, 4) is 0 Å². The van der Waals surface area contributed by atoms with Gasteiger partial charge in [-0.3, -0.25) is 14.4 Å². The Bertz CT molecular complexity index is 1110. The second-order valence-electron chi connectivity index (χ2n) is 7.88. The predicted molar refractivity (Wildman–Crippen MR) is 142 cm³/mol. The second-order valence-corrected chi connectivity index (χ2v) is 11.1. The molecule has 0 spiro atoms. The van der Waals surface area contributed by atoms with Crippen LogP contribution in [0.15, 0.2) is 84.2 Å². The first kappa shape index (κ1) is 27.3. The monoisotopic (exact) mass is 551 g/mol. The number of hydrogen-bond acceptors (Lipinski definition) is 6. The third kappa shape index (κ3) is 6.12. The van der Waals surface area contributed by atoms with Gasteiger partial charge >= 0.3 is 5.97 Å². The van der Waals surface area contributed by atoms with E-state index in [0.29, 0.717) is 0 Å². The van der Waals surface area contributed by atoms with E-state index in [9.17, 15) is 14.4 Å². The van der Waals surface area contributed by atoms with Crippen LogP contribution in [-0.2, 0) is 19.1 Å². The van der Waals surface area contributed by atoms with E-state index in [1.165, 1.54) is 14.0 Å². The highest BCUT2D eigenvalue weighted by Crippen LogP contribution is 2.43. The summed E-state index contributed by atoms with van der Waals surface area (Å²) in [5, 5.41) is -0.897. The Labute approximate surface area is 224 Å². The number of nitrogens with zero attached hydrogens (tertiary/aromatic N) is 1. The Balaban J connectivity index is 2.28. The second kappa shape index (κ2) is 11.7. The molecule has 0 aliphatic carbocycles. The van der Waals surface area contributed by atoms with Gasteiger partial charge in [0.25, 0.3) is 3.79 Å². The minimum atomic E-state index is -2.29. The lowest BCUT2D eigenvalue weighted by atomic mass is 9.82. The fraction of sp³-hybridized carbons (Fsp3) is 0.269. The zero-order chi connectivity index (χ0) is 25.8. The summed E-state index contributed by atoms with van der Waals surface area (Å²) in [5.41, 5.74) is 2.12. The molecule has 9 heteroatoms. The van der Waals surface area contributed by atoms with Crippen molar-refractivity contribution in [3.05, 3.63) is 95.3 Å². The van der Waals surface area contributed by atoms with E-state index in [-0.39, 0.29) is 16.9 Å². The van der Waals surface area contributed by atoms with E-state index < -0.39 is 32.8 Å². The van der Waals surface area contributed by atoms with Crippen LogP contribution in [0.1, 0.15) is 24.1 Å². The Morgan fingerprint density at radius 1 is 0.914 bits per heavy atom. The van der Waals surface area contributed by atoms with Crippen molar-refractivity contribution in [1.82, 2.24) is 4.90 Å². The summed E-state index contributed by atoms with van der Waals surface area (Å²) in [6.45, 7) is 1.38. The van der Waals surface area contributed by atoms with Crippen LogP contribution in [0.5, 0.6) is 0 Å². The summed E-state index contributed by atoms with van der Waals surface area (Å²) >= 11 is 19.2. The highest BCUT2D eigenvalue weighted by Gasteiger charge is 2.46. The molecule has 2 atom stereocenters. The molecule has 0 amide bonds. The van der Waals surface area contributed by atoms with Gasteiger partial charge in [0.05, 0.1) is 13.2 Å². The van der Waals surface area contributed by atoms with E-state index >= 15 is 0 Å². The number of rotatable bonds is 8. The van der Waals surface area contributed by atoms with Crippen LogP contribution in [0, 0.1) is 5.92 Å². The van der Waals surface area contributed by atoms with Crippen LogP contribution < -0.4 is 0 Å². The molecule has 2 unspecified atom stereocenters. The topological polar surface area (TPSA) is 63.7 Å². The lowest BCUT2D eigenvalue weighted by molar-refractivity contribution is -0.140. The number of hydrogen-bond donors (Lipinski definition) is 0. The fourth-order valence-corrected chi connectivity index (χ4v) is 5.31. The first-order valence-electron chi connectivity index (χ1n) is 10.6. The minimum Gasteiger partial charge on any atom is -0.468 e. The van der Waals surface area contributed by atoms with Crippen molar-refractivity contribution in [2.24, 2.45) is 5.92 Å². The zero-order valence-corrected chi connectivity index (χ0v) is 22.4. The molecule has 1 heterocycles. The third-order valence-electron chi connectivity index (χ3n) is 5.69. The molecule has 2 aromatic carbocycles. The Morgan fingerprint density at radius 3 is 1.80 bits per heavy atom. The number of ketones is 2. The van der Waals surface area contributed by atoms with Crippen LogP contribution in [-0.4, -0.2) is 44.8 Å². The van der Waals surface area contributed by atoms with Crippen LogP contribution in [0.3, 0.4) is 0 Å². The number of carbonyl (C=O) groups is 3. The molecule has 0 N–H and O–H groups in total. The minimum absolute atomic E-state index is 0.0410. The van der Waals surface area contributed by atoms with Crippen LogP contribution in [0.2, 0.25) is 0 Å². The average molecular weight is 553 g/mol. The molecule has 0 saturated heterocycles. The molecule has 1 aliphatic rings. The molecule has 184 valence electrons. The summed E-state index contributed by atoms with van der Waals surface area (Å²) in [6, 6.07) is 18.9. The molecule has 1 aliphatic heterocycles. The molecule has 3 rings (SSSR count). The summed E-state index contributed by atoms with van der Waals surface area (Å²) < 4.78 is 2.67. The number of halogens is 3. The first-order valence-corrected chi connectivity index (χ1v) is 13.1. The van der Waals surface area contributed by atoms with Crippen molar-refractivity contribution < 1.29 is 19.1 Å². The Hall–Kier alpha value is -2.25. The first-order chi connectivity index (χ1) is 16.6. The number of ether oxygens (including phenoxy) is 1. The van der Waals surface area contributed by atoms with Gasteiger partial charge in [0.15, 0.2) is 5.78 Å². The SMILES string of the molecule is COC(=O)C(SC)C1C(C(C)=O)=CN(C(c2ccccc2)c2ccccc2)C=C1C(=O)C(Cl)(Cl)Cl. The number of esters is 1. The number of allylic oxidation sites excluding steroid dienone is 2. The standard InChI is InChI=1S/C26H24Cl3NO4S/c1-16(31)19-14-30(22(17-10-6-4-7-11-17)18-12-8-5-9-13-18)15-20(24(32)26(27,28)29)21(19)23(35-3)25(33)34-2/h4-15,21-23H,1-3H3. The van der Waals surface area contributed by atoms with Crippen LogP contribution >= 0.6 is 46.6 Å². The molecular weight excluding hydrogens is 529 g/mol. The van der Waals surface area contributed by atoms with Gasteiger partial charge in [0.2, 0.25) is 5.78 Å². The molecule has 0 bridgehead atoms. The molecule has 35 heavy (non-hydrogen) atoms. The van der Waals surface area contributed by atoms with Crippen LogP contribution in [0.4, 0.5) is 0 Å². The molecule has 0 saturated carbocycles. The average Bonchev–Trinajstić information content (AvgIpc) is 2.85. The quantitative estimate of drug-likeness (QED) is 0.300. The molecule has 2 aromatic rings. The maximum absolute atomic E-state index is 13.4. The molecular formula is C26H24Cl3NO4S. The lowest BCUT2D eigenvalue weighted by Gasteiger charge is -2.38. The number of methoxy groups -OCH3 is 1. The van der Waals surface area contributed by atoms with Gasteiger partial charge in [0, 0.05) is 29.5 Å². The van der Waals surface area contributed by atoms with E-state index in [2.05, 4.69) is 0 Å².